The van der Waals surface area contributed by atoms with Crippen molar-refractivity contribution in [2.45, 2.75) is 24.8 Å². The van der Waals surface area contributed by atoms with Gasteiger partial charge in [-0.05, 0) is 42.7 Å². The van der Waals surface area contributed by atoms with Crippen LogP contribution in [-0.4, -0.2) is 38.8 Å². The highest BCUT2D eigenvalue weighted by Gasteiger charge is 2.20. The topological polar surface area (TPSA) is 46.6 Å². The molecule has 128 valence electrons. The maximum atomic E-state index is 12.6. The Bertz CT molecular complexity index is 802. The number of hydrogen-bond donors (Lipinski definition) is 0. The molecule has 4 nitrogen and oxygen atoms in total. The van der Waals surface area contributed by atoms with Gasteiger partial charge in [-0.2, -0.15) is 0 Å². The smallest absolute Gasteiger partial charge is 0.179 e. The van der Waals surface area contributed by atoms with Gasteiger partial charge in [-0.15, -0.1) is 0 Å². The molecule has 0 fully saturated rings. The van der Waals surface area contributed by atoms with Crippen molar-refractivity contribution in [2.75, 3.05) is 25.4 Å². The maximum Gasteiger partial charge on any atom is 0.179 e. The molecule has 0 spiro atoms. The van der Waals surface area contributed by atoms with E-state index in [9.17, 15) is 8.42 Å². The molecule has 24 heavy (non-hydrogen) atoms. The summed E-state index contributed by atoms with van der Waals surface area (Å²) in [5, 5.41) is 0. The number of sulfone groups is 1. The van der Waals surface area contributed by atoms with Crippen LogP contribution < -0.4 is 4.74 Å². The number of nitrogens with zero attached hydrogens (tertiary/aromatic N) is 1. The van der Waals surface area contributed by atoms with Crippen molar-refractivity contribution >= 4 is 9.84 Å². The third-order valence-electron chi connectivity index (χ3n) is 4.36. The Morgan fingerprint density at radius 3 is 2.67 bits per heavy atom. The van der Waals surface area contributed by atoms with Crippen LogP contribution in [0.3, 0.4) is 0 Å². The molecule has 1 aliphatic heterocycles. The van der Waals surface area contributed by atoms with Gasteiger partial charge in [0.25, 0.3) is 0 Å². The summed E-state index contributed by atoms with van der Waals surface area (Å²) in [6.45, 7) is 4.69. The van der Waals surface area contributed by atoms with Gasteiger partial charge in [-0.1, -0.05) is 30.3 Å². The standard InChI is InChI=1S/C19H23NO3S/c1-2-23-18-8-5-9-19(14-18)24(21,22)13-12-20-11-10-16-6-3-4-7-17(16)15-20/h3-9,14H,2,10-13,15H2,1H3. The van der Waals surface area contributed by atoms with E-state index in [1.807, 2.05) is 13.0 Å². The van der Waals surface area contributed by atoms with Gasteiger partial charge in [0.1, 0.15) is 5.75 Å². The van der Waals surface area contributed by atoms with Crippen molar-refractivity contribution in [1.82, 2.24) is 4.90 Å². The molecular weight excluding hydrogens is 322 g/mol. The van der Waals surface area contributed by atoms with Crippen molar-refractivity contribution in [2.24, 2.45) is 0 Å². The summed E-state index contributed by atoms with van der Waals surface area (Å²) in [6, 6.07) is 15.2. The number of benzene rings is 2. The molecule has 0 radical (unpaired) electrons. The normalized spacial score (nSPS) is 15.0. The first kappa shape index (κ1) is 17.0. The monoisotopic (exact) mass is 345 g/mol. The van der Waals surface area contributed by atoms with Gasteiger partial charge in [0.05, 0.1) is 17.3 Å². The van der Waals surface area contributed by atoms with Crippen molar-refractivity contribution in [3.05, 3.63) is 59.7 Å². The third kappa shape index (κ3) is 3.97. The van der Waals surface area contributed by atoms with Crippen LogP contribution in [0.2, 0.25) is 0 Å². The highest BCUT2D eigenvalue weighted by atomic mass is 32.2. The zero-order valence-electron chi connectivity index (χ0n) is 13.9. The van der Waals surface area contributed by atoms with Gasteiger partial charge < -0.3 is 4.74 Å². The number of hydrogen-bond acceptors (Lipinski definition) is 4. The van der Waals surface area contributed by atoms with Crippen molar-refractivity contribution in [1.29, 1.82) is 0 Å². The lowest BCUT2D eigenvalue weighted by Crippen LogP contribution is -2.34. The summed E-state index contributed by atoms with van der Waals surface area (Å²) in [5.74, 6) is 0.732. The van der Waals surface area contributed by atoms with Gasteiger partial charge in [-0.25, -0.2) is 8.42 Å². The minimum Gasteiger partial charge on any atom is -0.494 e. The number of rotatable bonds is 6. The zero-order valence-corrected chi connectivity index (χ0v) is 14.8. The second kappa shape index (κ2) is 7.36. The van der Waals surface area contributed by atoms with Crippen molar-refractivity contribution in [3.63, 3.8) is 0 Å². The molecule has 3 rings (SSSR count). The molecule has 0 bridgehead atoms. The fourth-order valence-corrected chi connectivity index (χ4v) is 4.35. The second-order valence-corrected chi connectivity index (χ2v) is 8.13. The first-order valence-corrected chi connectivity index (χ1v) is 9.98. The largest absolute Gasteiger partial charge is 0.494 e. The van der Waals surface area contributed by atoms with Gasteiger partial charge in [0.15, 0.2) is 9.84 Å². The molecule has 0 saturated carbocycles. The lowest BCUT2D eigenvalue weighted by atomic mass is 10.0. The van der Waals surface area contributed by atoms with E-state index in [2.05, 4.69) is 23.1 Å². The molecule has 0 saturated heterocycles. The fraction of sp³-hybridized carbons (Fsp3) is 0.368. The molecule has 0 aromatic heterocycles. The van der Waals surface area contributed by atoms with E-state index >= 15 is 0 Å². The van der Waals surface area contributed by atoms with Crippen LogP contribution in [-0.2, 0) is 22.8 Å². The van der Waals surface area contributed by atoms with E-state index in [0.717, 1.165) is 19.5 Å². The first-order valence-electron chi connectivity index (χ1n) is 8.33. The fourth-order valence-electron chi connectivity index (χ4n) is 3.04. The Kier molecular flexibility index (Phi) is 5.21. The van der Waals surface area contributed by atoms with E-state index in [0.29, 0.717) is 23.8 Å². The van der Waals surface area contributed by atoms with Crippen molar-refractivity contribution < 1.29 is 13.2 Å². The Morgan fingerprint density at radius 2 is 1.88 bits per heavy atom. The molecule has 5 heteroatoms. The SMILES string of the molecule is CCOc1cccc(S(=O)(=O)CCN2CCc3ccccc3C2)c1. The van der Waals surface area contributed by atoms with E-state index in [1.165, 1.54) is 11.1 Å². The molecule has 0 unspecified atom stereocenters. The predicted molar refractivity (Wildman–Crippen MR) is 95.1 cm³/mol. The molecule has 0 aliphatic carbocycles. The summed E-state index contributed by atoms with van der Waals surface area (Å²) in [4.78, 5) is 2.55. The van der Waals surface area contributed by atoms with Crippen LogP contribution >= 0.6 is 0 Å². The average Bonchev–Trinajstić information content (AvgIpc) is 2.60. The highest BCUT2D eigenvalue weighted by molar-refractivity contribution is 7.91. The second-order valence-electron chi connectivity index (χ2n) is 6.02. The molecule has 0 N–H and O–H groups in total. The summed E-state index contributed by atoms with van der Waals surface area (Å²) >= 11 is 0. The lowest BCUT2D eigenvalue weighted by Gasteiger charge is -2.28. The molecule has 2 aromatic rings. The summed E-state index contributed by atoms with van der Waals surface area (Å²) in [7, 11) is -3.30. The molecular formula is C19H23NO3S. The van der Waals surface area contributed by atoms with E-state index < -0.39 is 9.84 Å². The summed E-state index contributed by atoms with van der Waals surface area (Å²) in [6.07, 6.45) is 0.982. The van der Waals surface area contributed by atoms with Crippen LogP contribution in [0.1, 0.15) is 18.1 Å². The molecule has 0 atom stereocenters. The lowest BCUT2D eigenvalue weighted by molar-refractivity contribution is 0.269. The highest BCUT2D eigenvalue weighted by Crippen LogP contribution is 2.21. The van der Waals surface area contributed by atoms with E-state index in [1.54, 1.807) is 24.3 Å². The van der Waals surface area contributed by atoms with Crippen LogP contribution in [0.4, 0.5) is 0 Å². The maximum absolute atomic E-state index is 12.6. The number of ether oxygens (including phenoxy) is 1. The van der Waals surface area contributed by atoms with Gasteiger partial charge in [-0.3, -0.25) is 4.90 Å². The Hall–Kier alpha value is -1.85. The van der Waals surface area contributed by atoms with Crippen LogP contribution in [0.25, 0.3) is 0 Å². The Labute approximate surface area is 144 Å². The minimum absolute atomic E-state index is 0.130. The van der Waals surface area contributed by atoms with Crippen LogP contribution in [0.15, 0.2) is 53.4 Å². The van der Waals surface area contributed by atoms with E-state index in [-0.39, 0.29) is 5.75 Å². The number of fused-ring (bicyclic) bond motifs is 1. The summed E-state index contributed by atoms with van der Waals surface area (Å²) in [5.41, 5.74) is 2.68. The average molecular weight is 345 g/mol. The molecule has 0 amide bonds. The third-order valence-corrected chi connectivity index (χ3v) is 6.05. The zero-order chi connectivity index (χ0) is 17.0. The predicted octanol–water partition coefficient (Wildman–Crippen LogP) is 2.92. The van der Waals surface area contributed by atoms with Crippen molar-refractivity contribution in [3.8, 4) is 5.75 Å². The Balaban J connectivity index is 1.65. The molecule has 2 aromatic carbocycles. The van der Waals surface area contributed by atoms with Crippen LogP contribution in [0, 0.1) is 0 Å². The van der Waals surface area contributed by atoms with Crippen LogP contribution in [0.5, 0.6) is 5.75 Å². The van der Waals surface area contributed by atoms with Gasteiger partial charge in [0.2, 0.25) is 0 Å². The van der Waals surface area contributed by atoms with Gasteiger partial charge >= 0.3 is 0 Å². The van der Waals surface area contributed by atoms with E-state index in [4.69, 9.17) is 4.74 Å². The Morgan fingerprint density at radius 1 is 1.08 bits per heavy atom. The molecule has 1 aliphatic rings. The van der Waals surface area contributed by atoms with Gasteiger partial charge in [0, 0.05) is 19.6 Å². The molecule has 1 heterocycles. The quantitative estimate of drug-likeness (QED) is 0.808. The minimum atomic E-state index is -3.30. The summed E-state index contributed by atoms with van der Waals surface area (Å²) < 4.78 is 30.6. The first-order chi connectivity index (χ1) is 11.6.